The van der Waals surface area contributed by atoms with E-state index in [1.54, 1.807) is 0 Å². The van der Waals surface area contributed by atoms with Gasteiger partial charge in [0.05, 0.1) is 4.90 Å². The van der Waals surface area contributed by atoms with Crippen molar-refractivity contribution >= 4 is 33.2 Å². The van der Waals surface area contributed by atoms with Gasteiger partial charge in [0, 0.05) is 18.0 Å². The van der Waals surface area contributed by atoms with Crippen molar-refractivity contribution in [1.29, 1.82) is 0 Å². The number of amides is 1. The van der Waals surface area contributed by atoms with Gasteiger partial charge in [0.15, 0.2) is 9.84 Å². The summed E-state index contributed by atoms with van der Waals surface area (Å²) in [6.07, 6.45) is 2.48. The molecule has 2 aromatic rings. The van der Waals surface area contributed by atoms with Gasteiger partial charge in [-0.25, -0.2) is 18.4 Å². The van der Waals surface area contributed by atoms with E-state index >= 15 is 0 Å². The van der Waals surface area contributed by atoms with Crippen LogP contribution < -0.4 is 5.32 Å². The first-order valence-electron chi connectivity index (χ1n) is 5.46. The van der Waals surface area contributed by atoms with E-state index in [2.05, 4.69) is 15.3 Å². The summed E-state index contributed by atoms with van der Waals surface area (Å²) in [7, 11) is -3.37. The number of sulfone groups is 1. The Balaban J connectivity index is 2.26. The molecule has 1 amide bonds. The number of benzene rings is 1. The molecule has 1 aromatic carbocycles. The van der Waals surface area contributed by atoms with Crippen LogP contribution in [0.3, 0.4) is 0 Å². The third-order valence-corrected chi connectivity index (χ3v) is 3.68. The molecule has 0 radical (unpaired) electrons. The summed E-state index contributed by atoms with van der Waals surface area (Å²) in [6, 6.07) is 7.20. The molecule has 1 aromatic heterocycles. The first kappa shape index (κ1) is 14.4. The van der Waals surface area contributed by atoms with Crippen molar-refractivity contribution in [3.8, 4) is 0 Å². The maximum Gasteiger partial charge on any atom is 0.256 e. The number of halogens is 1. The van der Waals surface area contributed by atoms with Crippen LogP contribution in [0.2, 0.25) is 5.28 Å². The maximum atomic E-state index is 12.0. The number of hydrogen-bond donors (Lipinski definition) is 1. The minimum atomic E-state index is -3.37. The fourth-order valence-corrected chi connectivity index (χ4v) is 2.28. The average Bonchev–Trinajstić information content (AvgIpc) is 2.38. The monoisotopic (exact) mass is 311 g/mol. The van der Waals surface area contributed by atoms with Crippen molar-refractivity contribution in [3.05, 3.63) is 47.4 Å². The minimum absolute atomic E-state index is 0.00712. The SMILES string of the molecule is CS(=O)(=O)c1cccc(C(=O)Nc2ccnc(Cl)n2)c1. The van der Waals surface area contributed by atoms with E-state index in [1.807, 2.05) is 0 Å². The van der Waals surface area contributed by atoms with Crippen LogP contribution in [-0.2, 0) is 9.84 Å². The molecule has 0 spiro atoms. The zero-order valence-corrected chi connectivity index (χ0v) is 11.9. The maximum absolute atomic E-state index is 12.0. The van der Waals surface area contributed by atoms with Gasteiger partial charge < -0.3 is 5.32 Å². The van der Waals surface area contributed by atoms with Crippen molar-refractivity contribution in [2.45, 2.75) is 4.90 Å². The Morgan fingerprint density at radius 2 is 2.05 bits per heavy atom. The third-order valence-electron chi connectivity index (χ3n) is 2.39. The lowest BCUT2D eigenvalue weighted by atomic mass is 10.2. The van der Waals surface area contributed by atoms with Crippen LogP contribution in [0.25, 0.3) is 0 Å². The molecule has 0 aliphatic heterocycles. The van der Waals surface area contributed by atoms with E-state index in [4.69, 9.17) is 11.6 Å². The van der Waals surface area contributed by atoms with E-state index in [9.17, 15) is 13.2 Å². The van der Waals surface area contributed by atoms with Gasteiger partial charge in [0.2, 0.25) is 5.28 Å². The summed E-state index contributed by atoms with van der Waals surface area (Å²) in [5.41, 5.74) is 0.211. The number of nitrogens with one attached hydrogen (secondary N) is 1. The summed E-state index contributed by atoms with van der Waals surface area (Å²) in [5.74, 6) is -0.245. The van der Waals surface area contributed by atoms with Crippen molar-refractivity contribution in [3.63, 3.8) is 0 Å². The first-order chi connectivity index (χ1) is 9.36. The Bertz CT molecular complexity index is 762. The summed E-state index contributed by atoms with van der Waals surface area (Å²) >= 11 is 5.61. The highest BCUT2D eigenvalue weighted by atomic mass is 35.5. The predicted molar refractivity (Wildman–Crippen MR) is 74.5 cm³/mol. The third kappa shape index (κ3) is 3.52. The first-order valence-corrected chi connectivity index (χ1v) is 7.73. The Labute approximate surface area is 120 Å². The molecule has 0 atom stereocenters. The molecule has 2 rings (SSSR count). The summed E-state index contributed by atoms with van der Waals surface area (Å²) in [6.45, 7) is 0. The fourth-order valence-electron chi connectivity index (χ4n) is 1.46. The highest BCUT2D eigenvalue weighted by Gasteiger charge is 2.12. The van der Waals surface area contributed by atoms with Gasteiger partial charge in [-0.1, -0.05) is 6.07 Å². The van der Waals surface area contributed by atoms with E-state index < -0.39 is 15.7 Å². The topological polar surface area (TPSA) is 89.0 Å². The van der Waals surface area contributed by atoms with Gasteiger partial charge in [-0.2, -0.15) is 0 Å². The van der Waals surface area contributed by atoms with Crippen LogP contribution in [0.4, 0.5) is 5.82 Å². The van der Waals surface area contributed by atoms with E-state index in [1.165, 1.54) is 36.5 Å². The number of carbonyl (C=O) groups excluding carboxylic acids is 1. The van der Waals surface area contributed by atoms with Gasteiger partial charge in [-0.15, -0.1) is 0 Å². The van der Waals surface area contributed by atoms with Gasteiger partial charge in [0.25, 0.3) is 5.91 Å². The summed E-state index contributed by atoms with van der Waals surface area (Å²) in [5, 5.41) is 2.52. The molecule has 104 valence electrons. The molecule has 1 heterocycles. The van der Waals surface area contributed by atoms with Gasteiger partial charge >= 0.3 is 0 Å². The van der Waals surface area contributed by atoms with Crippen molar-refractivity contribution in [2.75, 3.05) is 11.6 Å². The number of carbonyl (C=O) groups is 1. The number of aromatic nitrogens is 2. The van der Waals surface area contributed by atoms with Crippen LogP contribution >= 0.6 is 11.6 Å². The zero-order chi connectivity index (χ0) is 14.8. The number of hydrogen-bond acceptors (Lipinski definition) is 5. The Hall–Kier alpha value is -1.99. The molecule has 8 heteroatoms. The number of anilines is 1. The second kappa shape index (κ2) is 5.56. The number of rotatable bonds is 3. The minimum Gasteiger partial charge on any atom is -0.306 e. The smallest absolute Gasteiger partial charge is 0.256 e. The molecule has 0 unspecified atom stereocenters. The zero-order valence-electron chi connectivity index (χ0n) is 10.4. The molecular weight excluding hydrogens is 302 g/mol. The Morgan fingerprint density at radius 3 is 2.70 bits per heavy atom. The molecule has 20 heavy (non-hydrogen) atoms. The van der Waals surface area contributed by atoms with Crippen molar-refractivity contribution in [2.24, 2.45) is 0 Å². The highest BCUT2D eigenvalue weighted by molar-refractivity contribution is 7.90. The molecule has 0 fully saturated rings. The fraction of sp³-hybridized carbons (Fsp3) is 0.0833. The van der Waals surface area contributed by atoms with E-state index in [0.717, 1.165) is 6.26 Å². The molecule has 0 aliphatic carbocycles. The van der Waals surface area contributed by atoms with Crippen LogP contribution in [-0.4, -0.2) is 30.5 Å². The quantitative estimate of drug-likeness (QED) is 0.873. The molecule has 0 aliphatic rings. The van der Waals surface area contributed by atoms with Crippen molar-refractivity contribution in [1.82, 2.24) is 9.97 Å². The Morgan fingerprint density at radius 1 is 1.30 bits per heavy atom. The molecule has 6 nitrogen and oxygen atoms in total. The molecule has 0 saturated carbocycles. The lowest BCUT2D eigenvalue weighted by Crippen LogP contribution is -2.13. The van der Waals surface area contributed by atoms with Crippen LogP contribution in [0, 0.1) is 0 Å². The standard InChI is InChI=1S/C12H10ClN3O3S/c1-20(18,19)9-4-2-3-8(7-9)11(17)15-10-5-6-14-12(13)16-10/h2-7H,1H3,(H,14,15,16,17). The normalized spacial score (nSPS) is 11.1. The second-order valence-corrected chi connectivity index (χ2v) is 6.32. The summed E-state index contributed by atoms with van der Waals surface area (Å²) < 4.78 is 22.9. The lowest BCUT2D eigenvalue weighted by molar-refractivity contribution is 0.102. The molecule has 1 N–H and O–H groups in total. The van der Waals surface area contributed by atoms with Gasteiger partial charge in [-0.05, 0) is 35.9 Å². The van der Waals surface area contributed by atoms with Crippen molar-refractivity contribution < 1.29 is 13.2 Å². The summed E-state index contributed by atoms with van der Waals surface area (Å²) in [4.78, 5) is 19.6. The molecule has 0 bridgehead atoms. The van der Waals surface area contributed by atoms with Gasteiger partial charge in [0.1, 0.15) is 5.82 Å². The molecular formula is C12H10ClN3O3S. The highest BCUT2D eigenvalue weighted by Crippen LogP contribution is 2.13. The second-order valence-electron chi connectivity index (χ2n) is 3.97. The van der Waals surface area contributed by atoms with Crippen LogP contribution in [0.15, 0.2) is 41.4 Å². The van der Waals surface area contributed by atoms with Crippen LogP contribution in [0.5, 0.6) is 0 Å². The van der Waals surface area contributed by atoms with E-state index in [0.29, 0.717) is 0 Å². The predicted octanol–water partition coefficient (Wildman–Crippen LogP) is 1.79. The van der Waals surface area contributed by atoms with Crippen LogP contribution in [0.1, 0.15) is 10.4 Å². The Kier molecular flexibility index (Phi) is 4.01. The van der Waals surface area contributed by atoms with Gasteiger partial charge in [-0.3, -0.25) is 4.79 Å². The van der Waals surface area contributed by atoms with E-state index in [-0.39, 0.29) is 21.6 Å². The molecule has 0 saturated heterocycles. The lowest BCUT2D eigenvalue weighted by Gasteiger charge is -2.05. The average molecular weight is 312 g/mol. The number of nitrogens with zero attached hydrogens (tertiary/aromatic N) is 2. The largest absolute Gasteiger partial charge is 0.306 e.